The van der Waals surface area contributed by atoms with E-state index in [-0.39, 0.29) is 18.9 Å². The predicted octanol–water partition coefficient (Wildman–Crippen LogP) is 5.44. The van der Waals surface area contributed by atoms with Crippen LogP contribution in [0, 0.1) is 0 Å². The fourth-order valence-electron chi connectivity index (χ4n) is 3.04. The molecule has 0 aliphatic carbocycles. The largest absolute Gasteiger partial charge is 0.493 e. The van der Waals surface area contributed by atoms with E-state index in [0.29, 0.717) is 32.6 Å². The van der Waals surface area contributed by atoms with E-state index in [1.54, 1.807) is 44.4 Å². The van der Waals surface area contributed by atoms with Crippen LogP contribution in [0.3, 0.4) is 0 Å². The molecule has 0 bridgehead atoms. The summed E-state index contributed by atoms with van der Waals surface area (Å²) in [6, 6.07) is 12.4. The Morgan fingerprint density at radius 3 is 2.39 bits per heavy atom. The minimum Gasteiger partial charge on any atom is -0.493 e. The molecule has 0 unspecified atom stereocenters. The lowest BCUT2D eigenvalue weighted by molar-refractivity contribution is -0.115. The number of nitrogens with one attached hydrogen (secondary N) is 1. The van der Waals surface area contributed by atoms with Gasteiger partial charge in [-0.15, -0.1) is 11.3 Å². The van der Waals surface area contributed by atoms with E-state index >= 15 is 0 Å². The van der Waals surface area contributed by atoms with Crippen LogP contribution in [0.5, 0.6) is 11.5 Å². The average Bonchev–Trinajstić information content (AvgIpc) is 3.17. The summed E-state index contributed by atoms with van der Waals surface area (Å²) in [5, 5.41) is 5.70. The maximum Gasteiger partial charge on any atom is 0.341 e. The molecule has 0 aliphatic heterocycles. The molecular formula is C23H22ClNO5S. The SMILES string of the molecule is CCOC(=O)c1c(-c2ccc(Cl)cc2)csc1NC(=O)Cc1ccc(OC)c(OC)c1. The lowest BCUT2D eigenvalue weighted by atomic mass is 10.0. The van der Waals surface area contributed by atoms with Crippen molar-refractivity contribution < 1.29 is 23.8 Å². The number of methoxy groups -OCH3 is 2. The second kappa shape index (κ2) is 10.3. The highest BCUT2D eigenvalue weighted by Crippen LogP contribution is 2.37. The van der Waals surface area contributed by atoms with Gasteiger partial charge in [0.25, 0.3) is 0 Å². The Labute approximate surface area is 189 Å². The average molecular weight is 460 g/mol. The highest BCUT2D eigenvalue weighted by atomic mass is 35.5. The first-order valence-corrected chi connectivity index (χ1v) is 10.8. The summed E-state index contributed by atoms with van der Waals surface area (Å²) in [5.41, 5.74) is 2.57. The Morgan fingerprint density at radius 2 is 1.74 bits per heavy atom. The summed E-state index contributed by atoms with van der Waals surface area (Å²) >= 11 is 7.25. The van der Waals surface area contributed by atoms with E-state index in [0.717, 1.165) is 11.1 Å². The zero-order valence-electron chi connectivity index (χ0n) is 17.4. The van der Waals surface area contributed by atoms with Gasteiger partial charge in [-0.1, -0.05) is 29.8 Å². The van der Waals surface area contributed by atoms with Gasteiger partial charge in [-0.25, -0.2) is 4.79 Å². The minimum absolute atomic E-state index is 0.108. The van der Waals surface area contributed by atoms with Crippen LogP contribution in [0.1, 0.15) is 22.8 Å². The zero-order chi connectivity index (χ0) is 22.4. The first-order valence-electron chi connectivity index (χ1n) is 9.52. The van der Waals surface area contributed by atoms with Crippen molar-refractivity contribution in [3.05, 3.63) is 64.0 Å². The van der Waals surface area contributed by atoms with Crippen LogP contribution in [-0.2, 0) is 16.0 Å². The second-order valence-corrected chi connectivity index (χ2v) is 7.81. The monoisotopic (exact) mass is 459 g/mol. The molecule has 1 amide bonds. The van der Waals surface area contributed by atoms with Crippen LogP contribution >= 0.6 is 22.9 Å². The van der Waals surface area contributed by atoms with Crippen molar-refractivity contribution in [2.45, 2.75) is 13.3 Å². The molecule has 31 heavy (non-hydrogen) atoms. The van der Waals surface area contributed by atoms with Gasteiger partial charge in [0.15, 0.2) is 11.5 Å². The van der Waals surface area contributed by atoms with Crippen LogP contribution in [0.2, 0.25) is 5.02 Å². The molecule has 3 aromatic rings. The Balaban J connectivity index is 1.86. The summed E-state index contributed by atoms with van der Waals surface area (Å²) in [5.74, 6) is 0.376. The number of rotatable bonds is 8. The van der Waals surface area contributed by atoms with Gasteiger partial charge >= 0.3 is 5.97 Å². The van der Waals surface area contributed by atoms with E-state index in [9.17, 15) is 9.59 Å². The van der Waals surface area contributed by atoms with Gasteiger partial charge in [-0.2, -0.15) is 0 Å². The number of hydrogen-bond donors (Lipinski definition) is 1. The van der Waals surface area contributed by atoms with Crippen molar-refractivity contribution in [3.8, 4) is 22.6 Å². The third-order valence-electron chi connectivity index (χ3n) is 4.49. The molecular weight excluding hydrogens is 438 g/mol. The zero-order valence-corrected chi connectivity index (χ0v) is 18.9. The maximum atomic E-state index is 12.7. The number of carbonyl (C=O) groups excluding carboxylic acids is 2. The van der Waals surface area contributed by atoms with Crippen molar-refractivity contribution in [1.29, 1.82) is 0 Å². The minimum atomic E-state index is -0.491. The number of hydrogen-bond acceptors (Lipinski definition) is 6. The molecule has 162 valence electrons. The van der Waals surface area contributed by atoms with Gasteiger partial charge < -0.3 is 19.5 Å². The predicted molar refractivity (Wildman–Crippen MR) is 123 cm³/mol. The normalized spacial score (nSPS) is 10.5. The molecule has 8 heteroatoms. The molecule has 0 atom stereocenters. The molecule has 3 rings (SSSR count). The van der Waals surface area contributed by atoms with Crippen LogP contribution in [0.25, 0.3) is 11.1 Å². The van der Waals surface area contributed by atoms with Crippen molar-refractivity contribution in [2.75, 3.05) is 26.1 Å². The number of anilines is 1. The van der Waals surface area contributed by atoms with E-state index in [2.05, 4.69) is 5.32 Å². The van der Waals surface area contributed by atoms with Gasteiger partial charge in [-0.3, -0.25) is 4.79 Å². The molecule has 6 nitrogen and oxygen atoms in total. The summed E-state index contributed by atoms with van der Waals surface area (Å²) < 4.78 is 15.7. The van der Waals surface area contributed by atoms with Gasteiger partial charge in [0.05, 0.1) is 27.2 Å². The topological polar surface area (TPSA) is 73.9 Å². The summed E-state index contributed by atoms with van der Waals surface area (Å²) in [6.07, 6.45) is 0.108. The molecule has 0 saturated carbocycles. The fourth-order valence-corrected chi connectivity index (χ4v) is 4.14. The van der Waals surface area contributed by atoms with E-state index in [1.165, 1.54) is 18.4 Å². The lowest BCUT2D eigenvalue weighted by Gasteiger charge is -2.11. The third kappa shape index (κ3) is 5.37. The Morgan fingerprint density at radius 1 is 1.03 bits per heavy atom. The molecule has 1 N–H and O–H groups in total. The molecule has 1 heterocycles. The first kappa shape index (κ1) is 22.7. The quantitative estimate of drug-likeness (QED) is 0.454. The van der Waals surface area contributed by atoms with Crippen molar-refractivity contribution in [2.24, 2.45) is 0 Å². The Kier molecular flexibility index (Phi) is 7.55. The van der Waals surface area contributed by atoms with Crippen LogP contribution in [-0.4, -0.2) is 32.7 Å². The van der Waals surface area contributed by atoms with Gasteiger partial charge in [0, 0.05) is 16.0 Å². The molecule has 0 radical (unpaired) electrons. The number of esters is 1. The van der Waals surface area contributed by atoms with Crippen molar-refractivity contribution in [1.82, 2.24) is 0 Å². The summed E-state index contributed by atoms with van der Waals surface area (Å²) in [4.78, 5) is 25.4. The Hall–Kier alpha value is -3.03. The van der Waals surface area contributed by atoms with Gasteiger partial charge in [-0.05, 0) is 42.3 Å². The van der Waals surface area contributed by atoms with Gasteiger partial charge in [0.1, 0.15) is 10.6 Å². The van der Waals surface area contributed by atoms with E-state index < -0.39 is 5.97 Å². The number of ether oxygens (including phenoxy) is 3. The second-order valence-electron chi connectivity index (χ2n) is 6.50. The van der Waals surface area contributed by atoms with E-state index in [1.807, 2.05) is 17.5 Å². The third-order valence-corrected chi connectivity index (χ3v) is 5.64. The number of carbonyl (C=O) groups is 2. The van der Waals surface area contributed by atoms with Crippen molar-refractivity contribution >= 4 is 39.8 Å². The summed E-state index contributed by atoms with van der Waals surface area (Å²) in [7, 11) is 3.09. The Bertz CT molecular complexity index is 1080. The summed E-state index contributed by atoms with van der Waals surface area (Å²) in [6.45, 7) is 1.97. The molecule has 0 spiro atoms. The molecule has 0 fully saturated rings. The number of benzene rings is 2. The number of amides is 1. The number of halogens is 1. The van der Waals surface area contributed by atoms with Gasteiger partial charge in [0.2, 0.25) is 5.91 Å². The molecule has 0 saturated heterocycles. The van der Waals surface area contributed by atoms with Crippen LogP contribution in [0.15, 0.2) is 47.8 Å². The molecule has 0 aliphatic rings. The first-order chi connectivity index (χ1) is 15.0. The van der Waals surface area contributed by atoms with Crippen LogP contribution < -0.4 is 14.8 Å². The lowest BCUT2D eigenvalue weighted by Crippen LogP contribution is -2.16. The highest BCUT2D eigenvalue weighted by molar-refractivity contribution is 7.15. The standard InChI is InChI=1S/C23H22ClNO5S/c1-4-30-23(27)21-17(15-6-8-16(24)9-7-15)13-31-22(21)25-20(26)12-14-5-10-18(28-2)19(11-14)29-3/h5-11,13H,4,12H2,1-3H3,(H,25,26). The highest BCUT2D eigenvalue weighted by Gasteiger charge is 2.23. The van der Waals surface area contributed by atoms with E-state index in [4.69, 9.17) is 25.8 Å². The molecule has 2 aromatic carbocycles. The fraction of sp³-hybridized carbons (Fsp3) is 0.217. The molecule has 1 aromatic heterocycles. The smallest absolute Gasteiger partial charge is 0.341 e. The van der Waals surface area contributed by atoms with Crippen molar-refractivity contribution in [3.63, 3.8) is 0 Å². The number of thiophene rings is 1. The van der Waals surface area contributed by atoms with Crippen LogP contribution in [0.4, 0.5) is 5.00 Å². The maximum absolute atomic E-state index is 12.7.